The Bertz CT molecular complexity index is 305. The molecule has 1 aliphatic rings. The SMILES string of the molecule is CCCOc1ccccc1[C]1CCOO1. The molecule has 2 rings (SSSR count). The maximum absolute atomic E-state index is 5.64. The van der Waals surface area contributed by atoms with E-state index >= 15 is 0 Å². The van der Waals surface area contributed by atoms with E-state index in [-0.39, 0.29) is 0 Å². The van der Waals surface area contributed by atoms with Crippen molar-refractivity contribution in [1.29, 1.82) is 0 Å². The van der Waals surface area contributed by atoms with Gasteiger partial charge in [-0.1, -0.05) is 25.1 Å². The van der Waals surface area contributed by atoms with Crippen molar-refractivity contribution in [3.8, 4) is 5.75 Å². The zero-order valence-electron chi connectivity index (χ0n) is 8.86. The fourth-order valence-corrected chi connectivity index (χ4v) is 1.50. The van der Waals surface area contributed by atoms with Gasteiger partial charge in [0.2, 0.25) is 0 Å². The molecule has 3 nitrogen and oxygen atoms in total. The Morgan fingerprint density at radius 2 is 2.20 bits per heavy atom. The van der Waals surface area contributed by atoms with Gasteiger partial charge in [0.25, 0.3) is 0 Å². The molecule has 0 unspecified atom stereocenters. The molecule has 1 heterocycles. The molecular weight excluding hydrogens is 192 g/mol. The standard InChI is InChI=1S/C12H15O3/c1-2-8-13-11-6-4-3-5-10(11)12-7-9-14-15-12/h3-6H,2,7-9H2,1H3. The van der Waals surface area contributed by atoms with Gasteiger partial charge in [-0.2, -0.15) is 0 Å². The lowest BCUT2D eigenvalue weighted by molar-refractivity contribution is -0.239. The second-order valence-electron chi connectivity index (χ2n) is 3.42. The van der Waals surface area contributed by atoms with Gasteiger partial charge in [-0.3, -0.25) is 0 Å². The van der Waals surface area contributed by atoms with Crippen LogP contribution in [0.2, 0.25) is 0 Å². The molecule has 81 valence electrons. The summed E-state index contributed by atoms with van der Waals surface area (Å²) in [4.78, 5) is 9.97. The van der Waals surface area contributed by atoms with Gasteiger partial charge in [-0.15, -0.1) is 0 Å². The monoisotopic (exact) mass is 207 g/mol. The molecule has 0 bridgehead atoms. The Labute approximate surface area is 89.9 Å². The summed E-state index contributed by atoms with van der Waals surface area (Å²) in [5.74, 6) is 0.875. The van der Waals surface area contributed by atoms with Crippen molar-refractivity contribution >= 4 is 0 Å². The van der Waals surface area contributed by atoms with Crippen molar-refractivity contribution in [3.05, 3.63) is 35.9 Å². The van der Waals surface area contributed by atoms with Gasteiger partial charge >= 0.3 is 0 Å². The second-order valence-corrected chi connectivity index (χ2v) is 3.42. The van der Waals surface area contributed by atoms with Gasteiger partial charge in [0.1, 0.15) is 5.75 Å². The highest BCUT2D eigenvalue weighted by Crippen LogP contribution is 2.32. The molecule has 15 heavy (non-hydrogen) atoms. The lowest BCUT2D eigenvalue weighted by Crippen LogP contribution is -2.03. The summed E-state index contributed by atoms with van der Waals surface area (Å²) >= 11 is 0. The summed E-state index contributed by atoms with van der Waals surface area (Å²) in [5, 5.41) is 0. The Morgan fingerprint density at radius 1 is 1.33 bits per heavy atom. The van der Waals surface area contributed by atoms with Crippen molar-refractivity contribution in [2.45, 2.75) is 19.8 Å². The Kier molecular flexibility index (Phi) is 3.59. The van der Waals surface area contributed by atoms with Crippen LogP contribution in [-0.2, 0) is 9.78 Å². The van der Waals surface area contributed by atoms with Crippen molar-refractivity contribution in [3.63, 3.8) is 0 Å². The second kappa shape index (κ2) is 5.14. The first-order chi connectivity index (χ1) is 7.42. The highest BCUT2D eigenvalue weighted by Gasteiger charge is 2.24. The van der Waals surface area contributed by atoms with E-state index < -0.39 is 0 Å². The Balaban J connectivity index is 2.13. The highest BCUT2D eigenvalue weighted by molar-refractivity contribution is 5.41. The van der Waals surface area contributed by atoms with Gasteiger partial charge < -0.3 is 4.74 Å². The number of benzene rings is 1. The summed E-state index contributed by atoms with van der Waals surface area (Å²) in [5.41, 5.74) is 1.00. The minimum absolute atomic E-state index is 0.622. The van der Waals surface area contributed by atoms with E-state index in [4.69, 9.17) is 14.5 Å². The van der Waals surface area contributed by atoms with Gasteiger partial charge in [-0.05, 0) is 12.5 Å². The number of para-hydroxylation sites is 1. The van der Waals surface area contributed by atoms with Crippen LogP contribution in [0, 0.1) is 6.10 Å². The third-order valence-corrected chi connectivity index (χ3v) is 2.22. The van der Waals surface area contributed by atoms with Crippen LogP contribution < -0.4 is 4.74 Å². The zero-order chi connectivity index (χ0) is 10.5. The van der Waals surface area contributed by atoms with Crippen LogP contribution in [0.1, 0.15) is 25.3 Å². The minimum Gasteiger partial charge on any atom is -0.493 e. The fraction of sp³-hybridized carbons (Fsp3) is 0.417. The summed E-state index contributed by atoms with van der Waals surface area (Å²) in [7, 11) is 0. The smallest absolute Gasteiger partial charge is 0.171 e. The molecule has 0 saturated carbocycles. The topological polar surface area (TPSA) is 27.7 Å². The van der Waals surface area contributed by atoms with Crippen molar-refractivity contribution in [2.24, 2.45) is 0 Å². The van der Waals surface area contributed by atoms with E-state index in [0.29, 0.717) is 6.61 Å². The van der Waals surface area contributed by atoms with Crippen LogP contribution in [0.5, 0.6) is 5.75 Å². The lowest BCUT2D eigenvalue weighted by atomic mass is 10.1. The van der Waals surface area contributed by atoms with Crippen LogP contribution >= 0.6 is 0 Å². The summed E-state index contributed by atoms with van der Waals surface area (Å²) < 4.78 is 5.64. The molecule has 1 fully saturated rings. The average molecular weight is 207 g/mol. The third-order valence-electron chi connectivity index (χ3n) is 2.22. The van der Waals surface area contributed by atoms with E-state index in [1.54, 1.807) is 0 Å². The van der Waals surface area contributed by atoms with Crippen LogP contribution in [0.15, 0.2) is 24.3 Å². The van der Waals surface area contributed by atoms with E-state index in [9.17, 15) is 0 Å². The predicted octanol–water partition coefficient (Wildman–Crippen LogP) is 2.71. The van der Waals surface area contributed by atoms with Crippen molar-refractivity contribution in [1.82, 2.24) is 0 Å². The first kappa shape index (κ1) is 10.5. The molecule has 0 atom stereocenters. The maximum Gasteiger partial charge on any atom is 0.171 e. The first-order valence-corrected chi connectivity index (χ1v) is 5.29. The molecule has 1 saturated heterocycles. The summed E-state index contributed by atoms with van der Waals surface area (Å²) in [6.07, 6.45) is 2.68. The van der Waals surface area contributed by atoms with E-state index in [0.717, 1.165) is 36.9 Å². The van der Waals surface area contributed by atoms with Gasteiger partial charge in [0.05, 0.1) is 13.2 Å². The Hall–Kier alpha value is -1.06. The molecular formula is C12H15O3. The molecule has 1 aromatic rings. The van der Waals surface area contributed by atoms with Crippen LogP contribution in [0.25, 0.3) is 0 Å². The average Bonchev–Trinajstić information content (AvgIpc) is 2.80. The quantitative estimate of drug-likeness (QED) is 0.710. The molecule has 0 spiro atoms. The number of ether oxygens (including phenoxy) is 1. The molecule has 3 heteroatoms. The zero-order valence-corrected chi connectivity index (χ0v) is 8.86. The summed E-state index contributed by atoms with van der Waals surface area (Å²) in [6.45, 7) is 3.44. The van der Waals surface area contributed by atoms with Crippen LogP contribution in [-0.4, -0.2) is 13.2 Å². The molecule has 1 radical (unpaired) electrons. The first-order valence-electron chi connectivity index (χ1n) is 5.29. The molecule has 0 aliphatic carbocycles. The molecule has 1 aliphatic heterocycles. The molecule has 1 aromatic carbocycles. The fourth-order valence-electron chi connectivity index (χ4n) is 1.50. The van der Waals surface area contributed by atoms with Gasteiger partial charge in [0, 0.05) is 12.0 Å². The summed E-state index contributed by atoms with van der Waals surface area (Å²) in [6, 6.07) is 7.89. The lowest BCUT2D eigenvalue weighted by Gasteiger charge is -2.12. The highest BCUT2D eigenvalue weighted by atomic mass is 17.2. The number of hydrogen-bond donors (Lipinski definition) is 0. The van der Waals surface area contributed by atoms with Crippen LogP contribution in [0.3, 0.4) is 0 Å². The van der Waals surface area contributed by atoms with E-state index in [1.807, 2.05) is 24.3 Å². The third kappa shape index (κ3) is 2.49. The van der Waals surface area contributed by atoms with Crippen LogP contribution in [0.4, 0.5) is 0 Å². The minimum atomic E-state index is 0.622. The van der Waals surface area contributed by atoms with Gasteiger partial charge in [-0.25, -0.2) is 9.78 Å². The number of hydrogen-bond acceptors (Lipinski definition) is 3. The maximum atomic E-state index is 5.64. The normalized spacial score (nSPS) is 16.9. The molecule has 0 aromatic heterocycles. The van der Waals surface area contributed by atoms with E-state index in [2.05, 4.69) is 6.92 Å². The van der Waals surface area contributed by atoms with E-state index in [1.165, 1.54) is 0 Å². The number of rotatable bonds is 4. The predicted molar refractivity (Wildman–Crippen MR) is 56.2 cm³/mol. The van der Waals surface area contributed by atoms with Crippen molar-refractivity contribution in [2.75, 3.05) is 13.2 Å². The Morgan fingerprint density at radius 3 is 2.93 bits per heavy atom. The largest absolute Gasteiger partial charge is 0.493 e. The molecule has 0 amide bonds. The molecule has 0 N–H and O–H groups in total. The van der Waals surface area contributed by atoms with Crippen molar-refractivity contribution < 1.29 is 14.5 Å². The van der Waals surface area contributed by atoms with Gasteiger partial charge in [0.15, 0.2) is 6.10 Å².